The fourth-order valence-electron chi connectivity index (χ4n) is 3.67. The van der Waals surface area contributed by atoms with E-state index in [1.54, 1.807) is 11.3 Å². The smallest absolute Gasteiger partial charge is 0.242 e. The first-order valence-corrected chi connectivity index (χ1v) is 10.1. The molecule has 3 heterocycles. The first-order valence-electron chi connectivity index (χ1n) is 9.17. The molecule has 1 amide bonds. The van der Waals surface area contributed by atoms with E-state index in [0.717, 1.165) is 30.7 Å². The Labute approximate surface area is 158 Å². The minimum atomic E-state index is 0.151. The van der Waals surface area contributed by atoms with Crippen LogP contribution in [0.15, 0.2) is 47.8 Å². The molecular weight excluding hydrogens is 344 g/mol. The molecule has 0 N–H and O–H groups in total. The number of amides is 1. The van der Waals surface area contributed by atoms with Crippen molar-refractivity contribution in [3.05, 3.63) is 58.4 Å². The number of aryl methyl sites for hydroxylation is 1. The molecule has 136 valence electrons. The van der Waals surface area contributed by atoms with Gasteiger partial charge >= 0.3 is 0 Å². The van der Waals surface area contributed by atoms with Crippen molar-refractivity contribution in [2.24, 2.45) is 0 Å². The zero-order valence-electron chi connectivity index (χ0n) is 15.1. The molecular formula is C21H24N2O2S. The van der Waals surface area contributed by atoms with Crippen LogP contribution in [0.3, 0.4) is 0 Å². The lowest BCUT2D eigenvalue weighted by Gasteiger charge is -2.26. The van der Waals surface area contributed by atoms with Crippen LogP contribution in [0.1, 0.15) is 23.4 Å². The molecule has 26 heavy (non-hydrogen) atoms. The molecule has 5 heteroatoms. The number of aromatic nitrogens is 1. The molecule has 4 nitrogen and oxygen atoms in total. The molecule has 1 fully saturated rings. The van der Waals surface area contributed by atoms with Gasteiger partial charge in [0.25, 0.3) is 0 Å². The van der Waals surface area contributed by atoms with Gasteiger partial charge in [-0.25, -0.2) is 0 Å². The van der Waals surface area contributed by atoms with Crippen molar-refractivity contribution in [2.75, 3.05) is 13.2 Å². The van der Waals surface area contributed by atoms with Gasteiger partial charge in [0.15, 0.2) is 0 Å². The van der Waals surface area contributed by atoms with Crippen molar-refractivity contribution in [3.8, 4) is 0 Å². The lowest BCUT2D eigenvalue weighted by atomic mass is 10.2. The van der Waals surface area contributed by atoms with Gasteiger partial charge in [0.05, 0.1) is 12.6 Å². The Bertz CT molecular complexity index is 879. The molecule has 0 aliphatic carbocycles. The van der Waals surface area contributed by atoms with E-state index in [4.69, 9.17) is 4.74 Å². The van der Waals surface area contributed by atoms with Crippen molar-refractivity contribution in [3.63, 3.8) is 0 Å². The molecule has 0 bridgehead atoms. The van der Waals surface area contributed by atoms with Crippen LogP contribution in [0, 0.1) is 6.92 Å². The molecule has 0 spiro atoms. The molecule has 0 saturated carbocycles. The van der Waals surface area contributed by atoms with E-state index in [9.17, 15) is 4.79 Å². The second-order valence-electron chi connectivity index (χ2n) is 6.92. The van der Waals surface area contributed by atoms with Crippen LogP contribution in [0.5, 0.6) is 0 Å². The average molecular weight is 369 g/mol. The van der Waals surface area contributed by atoms with Crippen molar-refractivity contribution in [2.45, 2.75) is 39.0 Å². The Kier molecular flexibility index (Phi) is 5.09. The highest BCUT2D eigenvalue weighted by atomic mass is 32.1. The fourth-order valence-corrected chi connectivity index (χ4v) is 4.39. The van der Waals surface area contributed by atoms with E-state index in [0.29, 0.717) is 19.6 Å². The van der Waals surface area contributed by atoms with Crippen molar-refractivity contribution in [1.29, 1.82) is 0 Å². The monoisotopic (exact) mass is 368 g/mol. The number of carbonyl (C=O) groups excluding carboxylic acids is 1. The maximum absolute atomic E-state index is 13.2. The number of hydrogen-bond acceptors (Lipinski definition) is 3. The molecule has 1 atom stereocenters. The standard InChI is InChI=1S/C21H24N2O2S/c1-16-12-17-6-2-3-9-20(17)23(16)15-21(24)22(13-18-7-4-10-25-18)14-19-8-5-11-26-19/h2-3,5-6,8-9,11-12,18H,4,7,10,13-15H2,1H3. The third kappa shape index (κ3) is 3.69. The van der Waals surface area contributed by atoms with E-state index in [1.165, 1.54) is 10.3 Å². The topological polar surface area (TPSA) is 34.5 Å². The number of thiophene rings is 1. The summed E-state index contributed by atoms with van der Waals surface area (Å²) >= 11 is 1.70. The summed E-state index contributed by atoms with van der Waals surface area (Å²) in [5.74, 6) is 0.151. The minimum absolute atomic E-state index is 0.151. The second kappa shape index (κ2) is 7.64. The van der Waals surface area contributed by atoms with Crippen molar-refractivity contribution >= 4 is 28.1 Å². The largest absolute Gasteiger partial charge is 0.376 e. The highest BCUT2D eigenvalue weighted by Gasteiger charge is 2.23. The predicted octanol–water partition coefficient (Wildman–Crippen LogP) is 4.22. The van der Waals surface area contributed by atoms with Gasteiger partial charge in [-0.3, -0.25) is 4.79 Å². The predicted molar refractivity (Wildman–Crippen MR) is 105 cm³/mol. The maximum atomic E-state index is 13.2. The van der Waals surface area contributed by atoms with Crippen LogP contribution in [0.2, 0.25) is 0 Å². The number of ether oxygens (including phenoxy) is 1. The number of fused-ring (bicyclic) bond motifs is 1. The Morgan fingerprint density at radius 2 is 2.19 bits per heavy atom. The van der Waals surface area contributed by atoms with Crippen molar-refractivity contribution < 1.29 is 9.53 Å². The Morgan fingerprint density at radius 3 is 2.96 bits per heavy atom. The first-order chi connectivity index (χ1) is 12.7. The van der Waals surface area contributed by atoms with Gasteiger partial charge in [0.2, 0.25) is 5.91 Å². The summed E-state index contributed by atoms with van der Waals surface area (Å²) in [6.45, 7) is 4.59. The van der Waals surface area contributed by atoms with Gasteiger partial charge in [-0.05, 0) is 48.7 Å². The lowest BCUT2D eigenvalue weighted by molar-refractivity contribution is -0.134. The number of para-hydroxylation sites is 1. The molecule has 0 radical (unpaired) electrons. The van der Waals surface area contributed by atoms with Crippen LogP contribution in [-0.4, -0.2) is 34.6 Å². The van der Waals surface area contributed by atoms with Crippen LogP contribution < -0.4 is 0 Å². The summed E-state index contributed by atoms with van der Waals surface area (Å²) in [6.07, 6.45) is 2.30. The number of benzene rings is 1. The molecule has 2 aromatic heterocycles. The van der Waals surface area contributed by atoms with Gasteiger partial charge in [-0.15, -0.1) is 11.3 Å². The van der Waals surface area contributed by atoms with E-state index in [1.807, 2.05) is 23.1 Å². The number of rotatable bonds is 6. The van der Waals surface area contributed by atoms with Gasteiger partial charge in [-0.1, -0.05) is 24.3 Å². The number of hydrogen-bond donors (Lipinski definition) is 0. The number of nitrogens with zero attached hydrogens (tertiary/aromatic N) is 2. The summed E-state index contributed by atoms with van der Waals surface area (Å²) in [6, 6.07) is 14.5. The maximum Gasteiger partial charge on any atom is 0.242 e. The lowest BCUT2D eigenvalue weighted by Crippen LogP contribution is -2.38. The van der Waals surface area contributed by atoms with Gasteiger partial charge in [-0.2, -0.15) is 0 Å². The molecule has 4 rings (SSSR count). The number of carbonyl (C=O) groups is 1. The van der Waals surface area contributed by atoms with E-state index >= 15 is 0 Å². The van der Waals surface area contributed by atoms with Gasteiger partial charge < -0.3 is 14.2 Å². The molecule has 1 saturated heterocycles. The Balaban J connectivity index is 1.55. The summed E-state index contributed by atoms with van der Waals surface area (Å²) in [5.41, 5.74) is 2.24. The SMILES string of the molecule is Cc1cc2ccccc2n1CC(=O)N(Cc1cccs1)CC1CCCO1. The summed E-state index contributed by atoms with van der Waals surface area (Å²) in [4.78, 5) is 16.4. The van der Waals surface area contributed by atoms with Crippen molar-refractivity contribution in [1.82, 2.24) is 9.47 Å². The fraction of sp³-hybridized carbons (Fsp3) is 0.381. The second-order valence-corrected chi connectivity index (χ2v) is 7.95. The van der Waals surface area contributed by atoms with E-state index in [2.05, 4.69) is 41.1 Å². The van der Waals surface area contributed by atoms with E-state index in [-0.39, 0.29) is 12.0 Å². The zero-order chi connectivity index (χ0) is 17.9. The Hall–Kier alpha value is -2.11. The Morgan fingerprint density at radius 1 is 1.31 bits per heavy atom. The zero-order valence-corrected chi connectivity index (χ0v) is 15.9. The van der Waals surface area contributed by atoms with Crippen LogP contribution in [0.25, 0.3) is 10.9 Å². The quantitative estimate of drug-likeness (QED) is 0.653. The molecule has 1 aromatic carbocycles. The van der Waals surface area contributed by atoms with Crippen LogP contribution >= 0.6 is 11.3 Å². The van der Waals surface area contributed by atoms with Crippen LogP contribution in [-0.2, 0) is 22.6 Å². The molecule has 3 aromatic rings. The average Bonchev–Trinajstić information content (AvgIpc) is 3.37. The highest BCUT2D eigenvalue weighted by Crippen LogP contribution is 2.21. The highest BCUT2D eigenvalue weighted by molar-refractivity contribution is 7.09. The van der Waals surface area contributed by atoms with Gasteiger partial charge in [0, 0.05) is 29.2 Å². The first kappa shape index (κ1) is 17.3. The van der Waals surface area contributed by atoms with Crippen LogP contribution in [0.4, 0.5) is 0 Å². The normalized spacial score (nSPS) is 17.0. The van der Waals surface area contributed by atoms with Gasteiger partial charge in [0.1, 0.15) is 6.54 Å². The minimum Gasteiger partial charge on any atom is -0.376 e. The van der Waals surface area contributed by atoms with E-state index < -0.39 is 0 Å². The summed E-state index contributed by atoms with van der Waals surface area (Å²) in [7, 11) is 0. The molecule has 1 aliphatic rings. The molecule has 1 unspecified atom stereocenters. The summed E-state index contributed by atoms with van der Waals surface area (Å²) in [5, 5.41) is 3.25. The summed E-state index contributed by atoms with van der Waals surface area (Å²) < 4.78 is 7.90. The molecule has 1 aliphatic heterocycles. The third-order valence-electron chi connectivity index (χ3n) is 5.04. The third-order valence-corrected chi connectivity index (χ3v) is 5.90.